The van der Waals surface area contributed by atoms with Crippen LogP contribution in [-0.4, -0.2) is 106 Å². The molecule has 4 N–H and O–H groups in total. The number of methoxy groups -OCH3 is 1. The first-order valence-electron chi connectivity index (χ1n) is 22.0. The first-order valence-corrected chi connectivity index (χ1v) is 22.0. The molecule has 0 unspecified atom stereocenters. The SMILES string of the molecule is CCn1c(-c2cccnc2[C@H](C)OC)c2c3cc(ccc31)-c1cc(O)cc(c1)C[C@H](NC(=O)[C@H](C(C)C)N(C)C(=O)[C@H]1CN[C@@H]1C)C(=O)N1CCC[C@H](N1)C(=O)OCC(C)(C)C2. The average molecular weight is 850 g/mol. The van der Waals surface area contributed by atoms with Crippen molar-refractivity contribution in [3.63, 3.8) is 0 Å². The van der Waals surface area contributed by atoms with Gasteiger partial charge in [0.15, 0.2) is 0 Å². The summed E-state index contributed by atoms with van der Waals surface area (Å²) in [5, 5.41) is 19.9. The predicted molar refractivity (Wildman–Crippen MR) is 238 cm³/mol. The van der Waals surface area contributed by atoms with E-state index in [1.165, 1.54) is 9.91 Å². The number of esters is 1. The van der Waals surface area contributed by atoms with E-state index >= 15 is 0 Å². The summed E-state index contributed by atoms with van der Waals surface area (Å²) in [5.74, 6) is -1.98. The van der Waals surface area contributed by atoms with Crippen molar-refractivity contribution in [1.82, 2.24) is 35.5 Å². The quantitative estimate of drug-likeness (QED) is 0.157. The highest BCUT2D eigenvalue weighted by molar-refractivity contribution is 5.96. The highest BCUT2D eigenvalue weighted by Crippen LogP contribution is 2.42. The van der Waals surface area contributed by atoms with Crippen molar-refractivity contribution in [1.29, 1.82) is 0 Å². The number of aryl methyl sites for hydroxylation is 1. The number of cyclic esters (lactones) is 1. The standard InChI is InChI=1S/C48H63N7O7/c1-10-54-40-16-15-31-23-35(40)36(43(54)34-13-11-17-49-41(34)29(5)61-9)24-48(6,7)26-62-47(60)38-14-12-18-55(52-38)46(59)39(21-30-19-32(31)22-33(56)20-30)51-44(57)42(27(2)3)53(8)45(58)37-25-50-28(37)4/h11,13,15-17,19-20,22-23,27-29,37-39,42,50,52,56H,10,12,14,18,21,24-26H2,1-9H3,(H,51,57)/t28-,29+,37+,38+,39+,42+/m1/s1. The van der Waals surface area contributed by atoms with Gasteiger partial charge in [0.25, 0.3) is 5.91 Å². The fourth-order valence-corrected chi connectivity index (χ4v) is 9.42. The number of aromatic nitrogens is 2. The number of carbonyl (C=O) groups excluding carboxylic acids is 4. The molecule has 2 aromatic heterocycles. The zero-order chi connectivity index (χ0) is 44.6. The van der Waals surface area contributed by atoms with E-state index < -0.39 is 41.3 Å². The van der Waals surface area contributed by atoms with Gasteiger partial charge >= 0.3 is 5.97 Å². The van der Waals surface area contributed by atoms with Gasteiger partial charge in [-0.1, -0.05) is 39.8 Å². The Morgan fingerprint density at radius 2 is 1.89 bits per heavy atom. The number of nitrogens with zero attached hydrogens (tertiary/aromatic N) is 4. The van der Waals surface area contributed by atoms with E-state index in [1.54, 1.807) is 32.5 Å². The van der Waals surface area contributed by atoms with Gasteiger partial charge in [0.05, 0.1) is 30.0 Å². The second-order valence-electron chi connectivity index (χ2n) is 18.5. The van der Waals surface area contributed by atoms with Crippen molar-refractivity contribution in [2.24, 2.45) is 17.3 Å². The number of phenolic OH excluding ortho intramolecular Hbond substituents is 1. The van der Waals surface area contributed by atoms with Gasteiger partial charge in [0.1, 0.15) is 23.9 Å². The lowest BCUT2D eigenvalue weighted by Crippen LogP contribution is -2.63. The summed E-state index contributed by atoms with van der Waals surface area (Å²) in [4.78, 5) is 62.7. The number of phenols is 1. The van der Waals surface area contributed by atoms with Crippen LogP contribution in [-0.2, 0) is 48.0 Å². The molecule has 3 amide bonds. The average Bonchev–Trinajstić information content (AvgIpc) is 3.54. The molecule has 3 aliphatic heterocycles. The van der Waals surface area contributed by atoms with Gasteiger partial charge in [-0.3, -0.25) is 29.2 Å². The molecule has 5 heterocycles. The summed E-state index contributed by atoms with van der Waals surface area (Å²) in [6.07, 6.45) is 3.10. The number of hydrogen-bond acceptors (Lipinski definition) is 10. The van der Waals surface area contributed by atoms with Gasteiger partial charge in [-0.25, -0.2) is 5.43 Å². The zero-order valence-corrected chi connectivity index (χ0v) is 37.6. The van der Waals surface area contributed by atoms with E-state index in [0.29, 0.717) is 44.5 Å². The van der Waals surface area contributed by atoms with Crippen molar-refractivity contribution < 1.29 is 33.8 Å². The number of benzene rings is 2. The third-order valence-corrected chi connectivity index (χ3v) is 12.9. The maximum absolute atomic E-state index is 14.6. The van der Waals surface area contributed by atoms with Gasteiger partial charge < -0.3 is 34.7 Å². The Morgan fingerprint density at radius 3 is 2.56 bits per heavy atom. The first kappa shape index (κ1) is 44.7. The first-order chi connectivity index (χ1) is 29.5. The third kappa shape index (κ3) is 8.95. The van der Waals surface area contributed by atoms with Gasteiger partial charge in [0, 0.05) is 74.3 Å². The summed E-state index contributed by atoms with van der Waals surface area (Å²) in [6.45, 7) is 15.6. The van der Waals surface area contributed by atoms with Gasteiger partial charge in [0.2, 0.25) is 11.8 Å². The molecule has 6 bridgehead atoms. The molecule has 2 saturated heterocycles. The summed E-state index contributed by atoms with van der Waals surface area (Å²) >= 11 is 0. The van der Waals surface area contributed by atoms with Crippen LogP contribution in [0.15, 0.2) is 54.7 Å². The number of hydrazine groups is 1. The summed E-state index contributed by atoms with van der Waals surface area (Å²) in [6, 6.07) is 12.8. The predicted octanol–water partition coefficient (Wildman–Crippen LogP) is 5.54. The van der Waals surface area contributed by atoms with E-state index in [2.05, 4.69) is 59.6 Å². The van der Waals surface area contributed by atoms with E-state index in [9.17, 15) is 24.3 Å². The lowest BCUT2D eigenvalue weighted by Gasteiger charge is -2.40. The minimum Gasteiger partial charge on any atom is -0.508 e. The van der Waals surface area contributed by atoms with E-state index in [1.807, 2.05) is 45.9 Å². The largest absolute Gasteiger partial charge is 0.508 e. The molecule has 14 heteroatoms. The normalized spacial score (nSPS) is 22.6. The number of ether oxygens (including phenoxy) is 2. The molecule has 0 radical (unpaired) electrons. The van der Waals surface area contributed by atoms with E-state index in [0.717, 1.165) is 44.5 Å². The molecule has 332 valence electrons. The molecule has 2 fully saturated rings. The number of amides is 3. The van der Waals surface area contributed by atoms with Crippen LogP contribution < -0.4 is 16.1 Å². The van der Waals surface area contributed by atoms with E-state index in [-0.39, 0.29) is 48.7 Å². The van der Waals surface area contributed by atoms with Crippen LogP contribution in [0.3, 0.4) is 0 Å². The fourth-order valence-electron chi connectivity index (χ4n) is 9.42. The second kappa shape index (κ2) is 18.2. The number of aromatic hydroxyl groups is 1. The molecule has 0 saturated carbocycles. The van der Waals surface area contributed by atoms with Crippen LogP contribution in [0.1, 0.15) is 84.2 Å². The van der Waals surface area contributed by atoms with Crippen LogP contribution in [0.25, 0.3) is 33.3 Å². The topological polar surface area (TPSA) is 167 Å². The fraction of sp³-hybridized carbons (Fsp3) is 0.521. The Bertz CT molecular complexity index is 2340. The van der Waals surface area contributed by atoms with Crippen molar-refractivity contribution >= 4 is 34.6 Å². The molecule has 4 aromatic rings. The molecule has 0 aliphatic carbocycles. The van der Waals surface area contributed by atoms with Crippen molar-refractivity contribution in [3.05, 3.63) is 71.5 Å². The Hall–Kier alpha value is -5.31. The lowest BCUT2D eigenvalue weighted by molar-refractivity contribution is -0.155. The summed E-state index contributed by atoms with van der Waals surface area (Å²) in [5.41, 5.74) is 9.71. The number of nitrogens with one attached hydrogen (secondary N) is 3. The maximum atomic E-state index is 14.6. The smallest absolute Gasteiger partial charge is 0.324 e. The summed E-state index contributed by atoms with van der Waals surface area (Å²) in [7, 11) is 3.32. The highest BCUT2D eigenvalue weighted by atomic mass is 16.5. The van der Waals surface area contributed by atoms with Crippen molar-refractivity contribution in [2.45, 2.75) is 111 Å². The Kier molecular flexibility index (Phi) is 13.1. The van der Waals surface area contributed by atoms with Crippen molar-refractivity contribution in [3.8, 4) is 28.1 Å². The van der Waals surface area contributed by atoms with Gasteiger partial charge in [-0.15, -0.1) is 0 Å². The van der Waals surface area contributed by atoms with Gasteiger partial charge in [-0.2, -0.15) is 0 Å². The van der Waals surface area contributed by atoms with Crippen LogP contribution in [0.5, 0.6) is 5.75 Å². The molecular weight excluding hydrogens is 787 g/mol. The van der Waals surface area contributed by atoms with Crippen LogP contribution >= 0.6 is 0 Å². The number of hydrogen-bond donors (Lipinski definition) is 4. The molecule has 14 nitrogen and oxygen atoms in total. The van der Waals surface area contributed by atoms with Crippen LogP contribution in [0, 0.1) is 17.3 Å². The monoisotopic (exact) mass is 849 g/mol. The molecule has 62 heavy (non-hydrogen) atoms. The minimum absolute atomic E-state index is 0.000326. The Morgan fingerprint density at radius 1 is 1.11 bits per heavy atom. The van der Waals surface area contributed by atoms with Crippen molar-refractivity contribution in [2.75, 3.05) is 33.9 Å². The molecule has 7 rings (SSSR count). The number of likely N-dealkylation sites (N-methyl/N-ethyl adjacent to an activating group) is 1. The van der Waals surface area contributed by atoms with Crippen LogP contribution in [0.2, 0.25) is 0 Å². The van der Waals surface area contributed by atoms with Gasteiger partial charge in [-0.05, 0) is 105 Å². The second-order valence-corrected chi connectivity index (χ2v) is 18.5. The molecule has 0 spiro atoms. The highest BCUT2D eigenvalue weighted by Gasteiger charge is 2.41. The van der Waals surface area contributed by atoms with E-state index in [4.69, 9.17) is 14.5 Å². The Balaban J connectivity index is 1.35. The zero-order valence-electron chi connectivity index (χ0n) is 37.6. The molecule has 3 aliphatic rings. The number of pyridine rings is 1. The molecule has 2 aromatic carbocycles. The van der Waals surface area contributed by atoms with Crippen LogP contribution in [0.4, 0.5) is 0 Å². The minimum atomic E-state index is -1.11. The molecular formula is C48H63N7O7. The summed E-state index contributed by atoms with van der Waals surface area (Å²) < 4.78 is 14.2. The number of fused-ring (bicyclic) bond motifs is 6. The lowest BCUT2D eigenvalue weighted by atomic mass is 9.84. The number of rotatable bonds is 9. The number of carbonyl (C=O) groups is 4. The maximum Gasteiger partial charge on any atom is 0.324 e. The third-order valence-electron chi connectivity index (χ3n) is 12.9. The Labute approximate surface area is 364 Å². The molecule has 6 atom stereocenters.